The van der Waals surface area contributed by atoms with Gasteiger partial charge in [0, 0.05) is 0 Å². The van der Waals surface area contributed by atoms with E-state index in [1.54, 1.807) is 5.57 Å². The molecule has 0 saturated heterocycles. The van der Waals surface area contributed by atoms with Gasteiger partial charge in [-0.25, -0.2) is 0 Å². The summed E-state index contributed by atoms with van der Waals surface area (Å²) < 4.78 is 0. The van der Waals surface area contributed by atoms with Crippen molar-refractivity contribution in [3.63, 3.8) is 0 Å². The van der Waals surface area contributed by atoms with E-state index in [1.165, 1.54) is 38.5 Å². The standard InChI is InChI=1S/C29H50O2/c1-19(12-17-29(7,31)26(2,3)4)23-10-11-24-22-9-8-20-18-21(30)13-15-27(20,5)25(22)14-16-28(23,24)6/h8,19,21-25,30-31H,9-18H2,1-7H3/t19-,21+,22+,23-,24+,25+,27+,28-,29?/m1/s1. The minimum Gasteiger partial charge on any atom is -0.393 e. The molecule has 2 nitrogen and oxygen atoms in total. The maximum Gasteiger partial charge on any atom is 0.0667 e. The molecular formula is C29H50O2. The van der Waals surface area contributed by atoms with Crippen LogP contribution in [0.25, 0.3) is 0 Å². The maximum atomic E-state index is 11.0. The number of aliphatic hydroxyl groups excluding tert-OH is 1. The number of allylic oxidation sites excluding steroid dienone is 1. The normalized spacial score (nSPS) is 45.7. The molecule has 9 atom stereocenters. The molecule has 4 aliphatic rings. The van der Waals surface area contributed by atoms with Crippen LogP contribution in [0.5, 0.6) is 0 Å². The van der Waals surface area contributed by atoms with Gasteiger partial charge in [-0.05, 0) is 117 Å². The molecule has 3 fully saturated rings. The minimum absolute atomic E-state index is 0.0674. The summed E-state index contributed by atoms with van der Waals surface area (Å²) in [6, 6.07) is 0. The van der Waals surface area contributed by atoms with Gasteiger partial charge in [-0.1, -0.05) is 53.2 Å². The fourth-order valence-corrected chi connectivity index (χ4v) is 8.70. The first kappa shape index (κ1) is 23.8. The van der Waals surface area contributed by atoms with Crippen LogP contribution in [-0.4, -0.2) is 21.9 Å². The van der Waals surface area contributed by atoms with Gasteiger partial charge < -0.3 is 10.2 Å². The third-order valence-electron chi connectivity index (χ3n) is 11.5. The van der Waals surface area contributed by atoms with Gasteiger partial charge in [-0.3, -0.25) is 0 Å². The van der Waals surface area contributed by atoms with Crippen molar-refractivity contribution in [2.24, 2.45) is 45.8 Å². The molecule has 178 valence electrons. The second kappa shape index (κ2) is 7.86. The molecule has 4 aliphatic carbocycles. The van der Waals surface area contributed by atoms with Crippen molar-refractivity contribution in [1.29, 1.82) is 0 Å². The number of aliphatic hydroxyl groups is 2. The van der Waals surface area contributed by atoms with E-state index in [1.807, 2.05) is 6.92 Å². The van der Waals surface area contributed by atoms with E-state index in [-0.39, 0.29) is 11.5 Å². The molecule has 3 saturated carbocycles. The number of rotatable bonds is 4. The van der Waals surface area contributed by atoms with Crippen LogP contribution in [-0.2, 0) is 0 Å². The van der Waals surface area contributed by atoms with Crippen molar-refractivity contribution in [2.45, 2.75) is 124 Å². The van der Waals surface area contributed by atoms with Crippen molar-refractivity contribution in [3.8, 4) is 0 Å². The summed E-state index contributed by atoms with van der Waals surface area (Å²) in [5.41, 5.74) is 1.75. The van der Waals surface area contributed by atoms with Gasteiger partial charge in [0.2, 0.25) is 0 Å². The van der Waals surface area contributed by atoms with Gasteiger partial charge in [0.15, 0.2) is 0 Å². The molecule has 0 bridgehead atoms. The smallest absolute Gasteiger partial charge is 0.0667 e. The molecule has 31 heavy (non-hydrogen) atoms. The van der Waals surface area contributed by atoms with Crippen LogP contribution in [0.3, 0.4) is 0 Å². The van der Waals surface area contributed by atoms with E-state index in [9.17, 15) is 10.2 Å². The molecule has 0 spiro atoms. The van der Waals surface area contributed by atoms with Crippen LogP contribution in [0.2, 0.25) is 0 Å². The molecule has 0 aliphatic heterocycles. The van der Waals surface area contributed by atoms with Crippen molar-refractivity contribution in [1.82, 2.24) is 0 Å². The zero-order valence-electron chi connectivity index (χ0n) is 21.5. The average molecular weight is 431 g/mol. The van der Waals surface area contributed by atoms with Gasteiger partial charge >= 0.3 is 0 Å². The first-order chi connectivity index (χ1) is 14.3. The molecule has 0 aromatic heterocycles. The van der Waals surface area contributed by atoms with Crippen molar-refractivity contribution < 1.29 is 10.2 Å². The van der Waals surface area contributed by atoms with E-state index in [0.717, 1.165) is 49.4 Å². The maximum absolute atomic E-state index is 11.0. The molecule has 0 aromatic carbocycles. The monoisotopic (exact) mass is 430 g/mol. The third kappa shape index (κ3) is 3.86. The highest BCUT2D eigenvalue weighted by atomic mass is 16.3. The Balaban J connectivity index is 1.48. The van der Waals surface area contributed by atoms with Crippen LogP contribution in [0, 0.1) is 45.8 Å². The largest absolute Gasteiger partial charge is 0.393 e. The third-order valence-corrected chi connectivity index (χ3v) is 11.5. The Labute approximate surface area is 192 Å². The molecule has 2 N–H and O–H groups in total. The molecule has 4 rings (SSSR count). The second-order valence-corrected chi connectivity index (χ2v) is 13.9. The SMILES string of the molecule is C[C@H](CCC(C)(O)C(C)(C)C)[C@H]1CC[C@H]2[C@@H]3CC=C4C[C@@H](O)CC[C@]4(C)[C@H]3CC[C@]12C. The summed E-state index contributed by atoms with van der Waals surface area (Å²) in [5.74, 6) is 4.03. The molecule has 1 unspecified atom stereocenters. The zero-order valence-corrected chi connectivity index (χ0v) is 21.5. The Kier molecular flexibility index (Phi) is 6.04. The van der Waals surface area contributed by atoms with E-state index in [0.29, 0.717) is 16.7 Å². The number of hydrogen-bond donors (Lipinski definition) is 2. The van der Waals surface area contributed by atoms with Crippen molar-refractivity contribution >= 4 is 0 Å². The zero-order chi connectivity index (χ0) is 22.8. The van der Waals surface area contributed by atoms with Gasteiger partial charge in [-0.2, -0.15) is 0 Å². The highest BCUT2D eigenvalue weighted by Gasteiger charge is 2.59. The molecule has 0 radical (unpaired) electrons. The molecular weight excluding hydrogens is 380 g/mol. The summed E-state index contributed by atoms with van der Waals surface area (Å²) in [6.45, 7) is 16.2. The van der Waals surface area contributed by atoms with E-state index >= 15 is 0 Å². The quantitative estimate of drug-likeness (QED) is 0.465. The van der Waals surface area contributed by atoms with E-state index in [2.05, 4.69) is 47.6 Å². The molecule has 0 heterocycles. The van der Waals surface area contributed by atoms with Crippen molar-refractivity contribution in [2.75, 3.05) is 0 Å². The Bertz CT molecular complexity index is 700. The first-order valence-electron chi connectivity index (χ1n) is 13.4. The van der Waals surface area contributed by atoms with Gasteiger partial charge in [0.05, 0.1) is 11.7 Å². The fourth-order valence-electron chi connectivity index (χ4n) is 8.70. The Morgan fingerprint density at radius 1 is 1.03 bits per heavy atom. The van der Waals surface area contributed by atoms with E-state index < -0.39 is 5.60 Å². The number of hydrogen-bond acceptors (Lipinski definition) is 2. The average Bonchev–Trinajstić information content (AvgIpc) is 3.03. The van der Waals surface area contributed by atoms with Gasteiger partial charge in [0.1, 0.15) is 0 Å². The van der Waals surface area contributed by atoms with Crippen molar-refractivity contribution in [3.05, 3.63) is 11.6 Å². The fraction of sp³-hybridized carbons (Fsp3) is 0.931. The Morgan fingerprint density at radius 2 is 1.74 bits per heavy atom. The van der Waals surface area contributed by atoms with Crippen LogP contribution < -0.4 is 0 Å². The Hall–Kier alpha value is -0.340. The van der Waals surface area contributed by atoms with Gasteiger partial charge in [-0.15, -0.1) is 0 Å². The predicted octanol–water partition coefficient (Wildman–Crippen LogP) is 7.14. The first-order valence-corrected chi connectivity index (χ1v) is 13.4. The molecule has 0 amide bonds. The lowest BCUT2D eigenvalue weighted by Crippen LogP contribution is -2.51. The van der Waals surface area contributed by atoms with E-state index in [4.69, 9.17) is 0 Å². The lowest BCUT2D eigenvalue weighted by molar-refractivity contribution is -0.0680. The summed E-state index contributed by atoms with van der Waals surface area (Å²) in [6.07, 6.45) is 14.4. The highest BCUT2D eigenvalue weighted by Crippen LogP contribution is 2.67. The lowest BCUT2D eigenvalue weighted by Gasteiger charge is -2.58. The second-order valence-electron chi connectivity index (χ2n) is 13.9. The van der Waals surface area contributed by atoms with Gasteiger partial charge in [0.25, 0.3) is 0 Å². The molecule has 0 aromatic rings. The topological polar surface area (TPSA) is 40.5 Å². The van der Waals surface area contributed by atoms with Crippen LogP contribution in [0.1, 0.15) is 113 Å². The highest BCUT2D eigenvalue weighted by molar-refractivity contribution is 5.25. The van der Waals surface area contributed by atoms with Crippen LogP contribution in [0.4, 0.5) is 0 Å². The Morgan fingerprint density at radius 3 is 2.42 bits per heavy atom. The van der Waals surface area contributed by atoms with Crippen LogP contribution in [0.15, 0.2) is 11.6 Å². The van der Waals surface area contributed by atoms with Crippen LogP contribution >= 0.6 is 0 Å². The summed E-state index contributed by atoms with van der Waals surface area (Å²) in [7, 11) is 0. The predicted molar refractivity (Wildman–Crippen MR) is 130 cm³/mol. The summed E-state index contributed by atoms with van der Waals surface area (Å²) >= 11 is 0. The molecule has 2 heteroatoms. The lowest BCUT2D eigenvalue weighted by atomic mass is 9.47. The summed E-state index contributed by atoms with van der Waals surface area (Å²) in [5, 5.41) is 21.3. The number of fused-ring (bicyclic) bond motifs is 5. The summed E-state index contributed by atoms with van der Waals surface area (Å²) in [4.78, 5) is 0. The minimum atomic E-state index is -0.595.